The lowest BCUT2D eigenvalue weighted by Crippen LogP contribution is -2.45. The van der Waals surface area contributed by atoms with E-state index in [1.807, 2.05) is 0 Å². The fraction of sp³-hybridized carbons (Fsp3) is 0.318. The van der Waals surface area contributed by atoms with Gasteiger partial charge in [0.1, 0.15) is 17.5 Å². The van der Waals surface area contributed by atoms with Crippen molar-refractivity contribution >= 4 is 31.8 Å². The summed E-state index contributed by atoms with van der Waals surface area (Å²) in [5.41, 5.74) is 2.98. The number of hydrogen-bond donors (Lipinski definition) is 1. The summed E-state index contributed by atoms with van der Waals surface area (Å²) in [6.45, 7) is 1.34. The maximum Gasteiger partial charge on any atom is 0.419 e. The predicted molar refractivity (Wildman–Crippen MR) is 242 cm³/mol. The maximum atomic E-state index is 14.6. The zero-order valence-electron chi connectivity index (χ0n) is 35.9. The highest BCUT2D eigenvalue weighted by Gasteiger charge is 2.33. The van der Waals surface area contributed by atoms with Gasteiger partial charge in [-0.25, -0.2) is 66.2 Å². The number of carbonyl (C=O) groups excluding carboxylic acids is 2. The Labute approximate surface area is 405 Å². The lowest BCUT2D eigenvalue weighted by molar-refractivity contribution is -0.138. The molecular formula is C44H46BClF12N11O2-. The number of aryl methyl sites for hydroxylation is 1. The zero-order valence-corrected chi connectivity index (χ0v) is 36.6. The molecule has 0 bridgehead atoms. The van der Waals surface area contributed by atoms with E-state index in [1.54, 1.807) is 13.0 Å². The molecule has 0 aliphatic rings. The zero-order chi connectivity index (χ0) is 51.1. The molecule has 0 aliphatic carbocycles. The number of nitrogens with zero attached hydrogens (tertiary/aromatic N) is 10. The third kappa shape index (κ3) is 17.5. The summed E-state index contributed by atoms with van der Waals surface area (Å²) in [5.74, 6) is -3.10. The van der Waals surface area contributed by atoms with E-state index < -0.39 is 85.0 Å². The first-order valence-electron chi connectivity index (χ1n) is 20.0. The first-order chi connectivity index (χ1) is 32.5. The van der Waals surface area contributed by atoms with Gasteiger partial charge in [0.2, 0.25) is 5.28 Å². The van der Waals surface area contributed by atoms with Crippen LogP contribution >= 0.6 is 11.6 Å². The summed E-state index contributed by atoms with van der Waals surface area (Å²) >= 11 is 5.17. The van der Waals surface area contributed by atoms with Crippen LogP contribution in [0.15, 0.2) is 98.1 Å². The third-order valence-corrected chi connectivity index (χ3v) is 9.62. The molecule has 0 radical (unpaired) electrons. The number of carbonyl (C=O) groups is 2. The van der Waals surface area contributed by atoms with Crippen molar-refractivity contribution in [3.63, 3.8) is 0 Å². The summed E-state index contributed by atoms with van der Waals surface area (Å²) in [7, 11) is 0. The van der Waals surface area contributed by atoms with Crippen LogP contribution < -0.4 is 5.73 Å². The topological polar surface area (TPSA) is 170 Å². The molecule has 4 aromatic heterocycles. The molecule has 2 N–H and O–H groups in total. The minimum absolute atomic E-state index is 0. The standard InChI is InChI=1S/C22H19F6N5O.C16H17F3N4O.C5H2ClF3N2.CH4.BH4/c1-13(6-7-18-31-10-14(11-32-18)22(26,27)28)33(12-17(24)25)21(34)15-4-2-5-16(23)19(15)20-29-8-3-9-30-20;1-10(8-20)23(9-13(18)19)16(24)11-4-2-5-12(17)14(11)15-21-6-3-7-22-15;6-4-10-1-3(2-11-4)5(7,8)9;;/h2-5,8-11,13,17H,6-7,12H2,1H3;2-7,10,13H,8-9,20H2,1H3;1-2H;2*1H4/q;;;;-1/t13-;10-;;;/m00.../s1. The van der Waals surface area contributed by atoms with Gasteiger partial charge in [-0.05, 0) is 68.3 Å². The minimum atomic E-state index is -4.59. The molecule has 0 saturated carbocycles. The van der Waals surface area contributed by atoms with E-state index in [0.717, 1.165) is 21.9 Å². The van der Waals surface area contributed by atoms with Crippen LogP contribution in [0.4, 0.5) is 52.7 Å². The minimum Gasteiger partial charge on any atom is -0.330 e. The lowest BCUT2D eigenvalue weighted by Gasteiger charge is -2.29. The second kappa shape index (κ2) is 27.5. The number of benzene rings is 2. The number of amides is 2. The van der Waals surface area contributed by atoms with E-state index in [2.05, 4.69) is 39.9 Å². The summed E-state index contributed by atoms with van der Waals surface area (Å²) < 4.78 is 155. The molecule has 0 aliphatic heterocycles. The number of rotatable bonds is 14. The van der Waals surface area contributed by atoms with Gasteiger partial charge in [0.25, 0.3) is 24.7 Å². The van der Waals surface area contributed by atoms with Crippen molar-refractivity contribution in [2.45, 2.75) is 71.4 Å². The molecular weight excluding hydrogens is 989 g/mol. The van der Waals surface area contributed by atoms with Gasteiger partial charge in [-0.15, -0.1) is 0 Å². The molecule has 2 atom stereocenters. The van der Waals surface area contributed by atoms with Crippen molar-refractivity contribution in [3.05, 3.63) is 143 Å². The number of alkyl halides is 10. The molecule has 384 valence electrons. The Hall–Kier alpha value is -6.83. The van der Waals surface area contributed by atoms with Crippen molar-refractivity contribution in [2.75, 3.05) is 19.6 Å². The van der Waals surface area contributed by atoms with Gasteiger partial charge in [-0.3, -0.25) is 9.59 Å². The fourth-order valence-electron chi connectivity index (χ4n) is 5.96. The van der Waals surface area contributed by atoms with E-state index in [-0.39, 0.29) is 80.2 Å². The average Bonchev–Trinajstić information content (AvgIpc) is 3.31. The molecule has 0 unspecified atom stereocenters. The van der Waals surface area contributed by atoms with Crippen molar-refractivity contribution in [3.8, 4) is 22.8 Å². The van der Waals surface area contributed by atoms with E-state index in [9.17, 15) is 62.3 Å². The summed E-state index contributed by atoms with van der Waals surface area (Å²) in [6.07, 6.45) is -6.43. The van der Waals surface area contributed by atoms with E-state index in [4.69, 9.17) is 17.3 Å². The summed E-state index contributed by atoms with van der Waals surface area (Å²) in [6, 6.07) is 9.15. The Balaban J connectivity index is 0.000000405. The second-order valence-corrected chi connectivity index (χ2v) is 14.6. The van der Waals surface area contributed by atoms with Crippen LogP contribution in [0.2, 0.25) is 5.28 Å². The first kappa shape index (κ1) is 60.3. The predicted octanol–water partition coefficient (Wildman–Crippen LogP) is 8.49. The van der Waals surface area contributed by atoms with E-state index in [0.29, 0.717) is 24.8 Å². The van der Waals surface area contributed by atoms with Gasteiger partial charge in [0, 0.05) is 74.6 Å². The Kier molecular flexibility index (Phi) is 23.4. The Morgan fingerprint density at radius 1 is 0.606 bits per heavy atom. The molecule has 0 spiro atoms. The van der Waals surface area contributed by atoms with Gasteiger partial charge < -0.3 is 15.5 Å². The van der Waals surface area contributed by atoms with Crippen molar-refractivity contribution in [2.24, 2.45) is 5.73 Å². The van der Waals surface area contributed by atoms with Crippen molar-refractivity contribution in [1.29, 1.82) is 0 Å². The molecule has 4 heterocycles. The van der Waals surface area contributed by atoms with Crippen molar-refractivity contribution < 1.29 is 62.3 Å². The van der Waals surface area contributed by atoms with Crippen LogP contribution in [-0.4, -0.2) is 114 Å². The van der Waals surface area contributed by atoms with Gasteiger partial charge in [-0.2, -0.15) is 26.3 Å². The molecule has 2 amide bonds. The molecule has 27 heteroatoms. The van der Waals surface area contributed by atoms with Gasteiger partial charge in [0.15, 0.2) is 11.6 Å². The largest absolute Gasteiger partial charge is 0.419 e. The Morgan fingerprint density at radius 2 is 0.972 bits per heavy atom. The highest BCUT2D eigenvalue weighted by molar-refractivity contribution is 6.28. The van der Waals surface area contributed by atoms with E-state index >= 15 is 0 Å². The summed E-state index contributed by atoms with van der Waals surface area (Å²) in [5, 5.41) is -0.196. The highest BCUT2D eigenvalue weighted by atomic mass is 35.5. The van der Waals surface area contributed by atoms with Crippen LogP contribution in [0, 0.1) is 11.6 Å². The normalized spacial score (nSPS) is 12.0. The average molecular weight is 1040 g/mol. The van der Waals surface area contributed by atoms with Crippen LogP contribution in [0.5, 0.6) is 0 Å². The fourth-order valence-corrected chi connectivity index (χ4v) is 6.06. The third-order valence-electron chi connectivity index (χ3n) is 9.43. The molecule has 2 aromatic carbocycles. The van der Waals surface area contributed by atoms with Gasteiger partial charge in [0.05, 0.1) is 46.5 Å². The van der Waals surface area contributed by atoms with Crippen LogP contribution in [0.25, 0.3) is 22.8 Å². The highest BCUT2D eigenvalue weighted by Crippen LogP contribution is 2.30. The van der Waals surface area contributed by atoms with Gasteiger partial charge >= 0.3 is 12.4 Å². The number of hydrogen-bond acceptors (Lipinski definition) is 11. The number of nitrogens with two attached hydrogens (primary N) is 1. The smallest absolute Gasteiger partial charge is 0.330 e. The Morgan fingerprint density at radius 3 is 1.32 bits per heavy atom. The quantitative estimate of drug-likeness (QED) is 0.0631. The monoisotopic (exact) mass is 1030 g/mol. The van der Waals surface area contributed by atoms with Crippen LogP contribution in [0.3, 0.4) is 0 Å². The molecule has 6 aromatic rings. The van der Waals surface area contributed by atoms with Crippen molar-refractivity contribution in [1.82, 2.24) is 49.7 Å². The molecule has 71 heavy (non-hydrogen) atoms. The summed E-state index contributed by atoms with van der Waals surface area (Å²) in [4.78, 5) is 57.3. The second-order valence-electron chi connectivity index (χ2n) is 14.3. The molecule has 6 rings (SSSR count). The van der Waals surface area contributed by atoms with Gasteiger partial charge in [-0.1, -0.05) is 28.0 Å². The van der Waals surface area contributed by atoms with Crippen LogP contribution in [-0.2, 0) is 18.8 Å². The van der Waals surface area contributed by atoms with E-state index in [1.165, 1.54) is 62.0 Å². The molecule has 13 nitrogen and oxygen atoms in total. The maximum absolute atomic E-state index is 14.6. The lowest BCUT2D eigenvalue weighted by atomic mass is 10.0. The molecule has 0 fully saturated rings. The first-order valence-corrected chi connectivity index (χ1v) is 20.3. The number of halogens is 13. The Bertz CT molecular complexity index is 2580. The van der Waals surface area contributed by atoms with Crippen LogP contribution in [0.1, 0.15) is 65.4 Å². The SMILES string of the molecule is C.C[C@@H](CCc1ncc(C(F)(F)F)cn1)N(CC(F)F)C(=O)c1cccc(F)c1-c1ncccn1.C[C@@H](CN)N(CC(F)F)C(=O)c1cccc(F)c1-c1ncccn1.FC(F)(F)c1cnc(Cl)nc1.[BH4-]. The number of aromatic nitrogens is 8. The molecule has 0 saturated heterocycles.